The van der Waals surface area contributed by atoms with Crippen LogP contribution < -0.4 is 4.74 Å². The van der Waals surface area contributed by atoms with Gasteiger partial charge in [0.2, 0.25) is 5.79 Å². The second-order valence-corrected chi connectivity index (χ2v) is 6.79. The molecule has 0 saturated carbocycles. The molecule has 1 unspecified atom stereocenters. The number of alkyl halides is 1. The molecule has 3 nitrogen and oxygen atoms in total. The van der Waals surface area contributed by atoms with Gasteiger partial charge in [-0.25, -0.2) is 0 Å². The second kappa shape index (κ2) is 10.3. The van der Waals surface area contributed by atoms with Crippen molar-refractivity contribution >= 4 is 15.9 Å². The van der Waals surface area contributed by atoms with E-state index in [0.29, 0.717) is 18.6 Å². The summed E-state index contributed by atoms with van der Waals surface area (Å²) in [6.07, 6.45) is 8.13. The molecule has 0 heterocycles. The zero-order valence-electron chi connectivity index (χ0n) is 14.4. The normalized spacial score (nSPS) is 14.5. The van der Waals surface area contributed by atoms with Gasteiger partial charge in [-0.05, 0) is 31.4 Å². The Labute approximate surface area is 149 Å². The summed E-state index contributed by atoms with van der Waals surface area (Å²) in [6.45, 7) is 4.15. The third-order valence-electron chi connectivity index (χ3n) is 4.48. The van der Waals surface area contributed by atoms with Gasteiger partial charge in [0, 0.05) is 0 Å². The van der Waals surface area contributed by atoms with Crippen LogP contribution in [0.3, 0.4) is 0 Å². The fourth-order valence-electron chi connectivity index (χ4n) is 2.89. The van der Waals surface area contributed by atoms with E-state index >= 15 is 0 Å². The number of ether oxygens (including phenoxy) is 1. The molecule has 0 bridgehead atoms. The van der Waals surface area contributed by atoms with Crippen molar-refractivity contribution in [2.24, 2.45) is 0 Å². The van der Waals surface area contributed by atoms with Crippen molar-refractivity contribution in [3.8, 4) is 5.75 Å². The van der Waals surface area contributed by atoms with Crippen LogP contribution in [0.15, 0.2) is 30.3 Å². The van der Waals surface area contributed by atoms with Gasteiger partial charge in [0.05, 0.1) is 5.33 Å². The molecule has 0 aliphatic carbocycles. The molecule has 0 fully saturated rings. The molecule has 1 aromatic rings. The molecule has 0 aliphatic heterocycles. The van der Waals surface area contributed by atoms with Crippen LogP contribution in [0, 0.1) is 0 Å². The summed E-state index contributed by atoms with van der Waals surface area (Å²) in [5.74, 6) is -1.23. The first-order valence-corrected chi connectivity index (χ1v) is 9.88. The van der Waals surface area contributed by atoms with Crippen LogP contribution in [0.25, 0.3) is 0 Å². The Bertz CT molecular complexity index is 422. The highest BCUT2D eigenvalue weighted by Crippen LogP contribution is 2.36. The Kier molecular flexibility index (Phi) is 9.18. The topological polar surface area (TPSA) is 49.7 Å². The molecule has 0 spiro atoms. The Hall–Kier alpha value is -0.580. The minimum absolute atomic E-state index is 0.0660. The molecule has 23 heavy (non-hydrogen) atoms. The molecule has 0 radical (unpaired) electrons. The zero-order chi connectivity index (χ0) is 17.2. The Morgan fingerprint density at radius 3 is 2.13 bits per heavy atom. The smallest absolute Gasteiger partial charge is 0.213 e. The fourth-order valence-corrected chi connectivity index (χ4v) is 3.40. The van der Waals surface area contributed by atoms with E-state index in [2.05, 4.69) is 22.9 Å². The molecule has 0 aromatic heterocycles. The predicted molar refractivity (Wildman–Crippen MR) is 99.0 cm³/mol. The molecule has 1 aromatic carbocycles. The van der Waals surface area contributed by atoms with E-state index in [-0.39, 0.29) is 5.33 Å². The maximum atomic E-state index is 10.5. The largest absolute Gasteiger partial charge is 0.482 e. The number of para-hydroxylation sites is 1. The summed E-state index contributed by atoms with van der Waals surface area (Å²) in [5.41, 5.74) is -0.997. The molecular weight excluding hydrogens is 356 g/mol. The standard InChI is InChI=1S/C19H31BrO3/c1-3-5-6-7-8-12-15-18(4-2,19(21,22)16-20)23-17-13-10-9-11-14-17/h9-11,13-14,21-22H,3-8,12,15-16H2,1-2H3. The molecule has 0 amide bonds. The van der Waals surface area contributed by atoms with Crippen molar-refractivity contribution in [2.75, 3.05) is 5.33 Å². The number of hydrogen-bond acceptors (Lipinski definition) is 3. The summed E-state index contributed by atoms with van der Waals surface area (Å²) < 4.78 is 6.10. The van der Waals surface area contributed by atoms with Crippen molar-refractivity contribution < 1.29 is 14.9 Å². The maximum absolute atomic E-state index is 10.5. The lowest BCUT2D eigenvalue weighted by Gasteiger charge is -2.42. The number of benzene rings is 1. The Morgan fingerprint density at radius 2 is 1.57 bits per heavy atom. The molecule has 2 N–H and O–H groups in total. The molecule has 0 aliphatic rings. The first-order valence-electron chi connectivity index (χ1n) is 8.76. The Morgan fingerprint density at radius 1 is 0.957 bits per heavy atom. The van der Waals surface area contributed by atoms with E-state index in [1.807, 2.05) is 37.3 Å². The van der Waals surface area contributed by atoms with Crippen molar-refractivity contribution in [2.45, 2.75) is 76.6 Å². The Balaban J connectivity index is 2.75. The van der Waals surface area contributed by atoms with Crippen molar-refractivity contribution in [3.05, 3.63) is 30.3 Å². The molecule has 1 rings (SSSR count). The summed E-state index contributed by atoms with van der Waals surface area (Å²) in [7, 11) is 0. The van der Waals surface area contributed by atoms with E-state index in [4.69, 9.17) is 4.74 Å². The van der Waals surface area contributed by atoms with Gasteiger partial charge in [-0.1, -0.05) is 80.1 Å². The van der Waals surface area contributed by atoms with E-state index < -0.39 is 11.4 Å². The van der Waals surface area contributed by atoms with Crippen LogP contribution in [0.2, 0.25) is 0 Å². The highest BCUT2D eigenvalue weighted by Gasteiger charge is 2.49. The molecule has 0 saturated heterocycles. The maximum Gasteiger partial charge on any atom is 0.213 e. The average molecular weight is 387 g/mol. The minimum Gasteiger partial charge on any atom is -0.482 e. The predicted octanol–water partition coefficient (Wildman–Crippen LogP) is 5.04. The SMILES string of the molecule is CCCCCCCCC(CC)(Oc1ccccc1)C(O)(O)CBr. The van der Waals surface area contributed by atoms with Crippen molar-refractivity contribution in [3.63, 3.8) is 0 Å². The summed E-state index contributed by atoms with van der Waals surface area (Å²) in [5, 5.41) is 21.1. The first kappa shape index (κ1) is 20.5. The van der Waals surface area contributed by atoms with Crippen LogP contribution in [0.1, 0.15) is 65.2 Å². The van der Waals surface area contributed by atoms with E-state index in [1.165, 1.54) is 25.7 Å². The van der Waals surface area contributed by atoms with Crippen LogP contribution >= 0.6 is 15.9 Å². The lowest BCUT2D eigenvalue weighted by Crippen LogP contribution is -2.59. The third-order valence-corrected chi connectivity index (χ3v) is 5.26. The van der Waals surface area contributed by atoms with Crippen LogP contribution in [-0.2, 0) is 0 Å². The average Bonchev–Trinajstić information content (AvgIpc) is 2.57. The number of unbranched alkanes of at least 4 members (excludes halogenated alkanes) is 5. The molecule has 1 atom stereocenters. The van der Waals surface area contributed by atoms with Crippen LogP contribution in [0.4, 0.5) is 0 Å². The van der Waals surface area contributed by atoms with Gasteiger partial charge < -0.3 is 14.9 Å². The van der Waals surface area contributed by atoms with Crippen molar-refractivity contribution in [1.82, 2.24) is 0 Å². The van der Waals surface area contributed by atoms with E-state index in [1.54, 1.807) is 0 Å². The van der Waals surface area contributed by atoms with Gasteiger partial charge >= 0.3 is 0 Å². The fraction of sp³-hybridized carbons (Fsp3) is 0.684. The number of aliphatic hydroxyl groups is 2. The third kappa shape index (κ3) is 6.09. The van der Waals surface area contributed by atoms with Gasteiger partial charge in [0.15, 0.2) is 5.60 Å². The minimum atomic E-state index is -1.90. The van der Waals surface area contributed by atoms with Gasteiger partial charge in [-0.15, -0.1) is 0 Å². The second-order valence-electron chi connectivity index (χ2n) is 6.23. The van der Waals surface area contributed by atoms with Gasteiger partial charge in [-0.2, -0.15) is 0 Å². The highest BCUT2D eigenvalue weighted by molar-refractivity contribution is 9.09. The quantitative estimate of drug-likeness (QED) is 0.300. The lowest BCUT2D eigenvalue weighted by atomic mass is 9.85. The molecular formula is C19H31BrO3. The van der Waals surface area contributed by atoms with Crippen LogP contribution in [0.5, 0.6) is 5.75 Å². The number of halogens is 1. The van der Waals surface area contributed by atoms with Gasteiger partial charge in [0.1, 0.15) is 5.75 Å². The molecule has 4 heteroatoms. The summed E-state index contributed by atoms with van der Waals surface area (Å²) in [4.78, 5) is 0. The summed E-state index contributed by atoms with van der Waals surface area (Å²) >= 11 is 3.22. The number of rotatable bonds is 12. The van der Waals surface area contributed by atoms with Crippen LogP contribution in [-0.4, -0.2) is 26.9 Å². The monoisotopic (exact) mass is 386 g/mol. The van der Waals surface area contributed by atoms with E-state index in [0.717, 1.165) is 12.8 Å². The lowest BCUT2D eigenvalue weighted by molar-refractivity contribution is -0.252. The van der Waals surface area contributed by atoms with E-state index in [9.17, 15) is 10.2 Å². The van der Waals surface area contributed by atoms with Gasteiger partial charge in [0.25, 0.3) is 0 Å². The summed E-state index contributed by atoms with van der Waals surface area (Å²) in [6, 6.07) is 9.42. The first-order chi connectivity index (χ1) is 11.0. The highest BCUT2D eigenvalue weighted by atomic mass is 79.9. The number of hydrogen-bond donors (Lipinski definition) is 2. The zero-order valence-corrected chi connectivity index (χ0v) is 16.0. The van der Waals surface area contributed by atoms with Gasteiger partial charge in [-0.3, -0.25) is 0 Å². The molecule has 132 valence electrons. The van der Waals surface area contributed by atoms with Crippen molar-refractivity contribution in [1.29, 1.82) is 0 Å².